The van der Waals surface area contributed by atoms with Crippen LogP contribution in [0.3, 0.4) is 0 Å². The van der Waals surface area contributed by atoms with Crippen LogP contribution in [0.15, 0.2) is 30.4 Å². The van der Waals surface area contributed by atoms with E-state index in [-0.39, 0.29) is 11.7 Å². The van der Waals surface area contributed by atoms with Gasteiger partial charge in [0.25, 0.3) is 0 Å². The van der Waals surface area contributed by atoms with Crippen LogP contribution in [0.1, 0.15) is 38.7 Å². The van der Waals surface area contributed by atoms with Crippen LogP contribution in [0.25, 0.3) is 0 Å². The summed E-state index contributed by atoms with van der Waals surface area (Å²) in [6, 6.07) is 4.97. The largest absolute Gasteiger partial charge is 0.504 e. The van der Waals surface area contributed by atoms with Crippen molar-refractivity contribution in [1.29, 1.82) is 0 Å². The number of aromatic hydroxyl groups is 1. The number of rotatable bonds is 9. The molecule has 1 rings (SSSR count). The van der Waals surface area contributed by atoms with Crippen molar-refractivity contribution in [3.63, 3.8) is 0 Å². The van der Waals surface area contributed by atoms with Gasteiger partial charge in [-0.25, -0.2) is 0 Å². The lowest BCUT2D eigenvalue weighted by Gasteiger charge is -2.11. The van der Waals surface area contributed by atoms with Crippen LogP contribution >= 0.6 is 11.6 Å². The molecule has 128 valence electrons. The summed E-state index contributed by atoms with van der Waals surface area (Å²) in [5.41, 5.74) is 0.844. The number of carbonyl (C=O) groups excluding carboxylic acids is 1. The summed E-state index contributed by atoms with van der Waals surface area (Å²) < 4.78 is 5.04. The van der Waals surface area contributed by atoms with Gasteiger partial charge in [0.1, 0.15) is 5.38 Å². The molecule has 0 spiro atoms. The van der Waals surface area contributed by atoms with Crippen molar-refractivity contribution in [2.75, 3.05) is 7.11 Å². The van der Waals surface area contributed by atoms with E-state index in [1.165, 1.54) is 7.11 Å². The Balaban J connectivity index is 2.35. The first-order valence-corrected chi connectivity index (χ1v) is 8.32. The second kappa shape index (κ2) is 10.2. The Bertz CT molecular complexity index is 529. The Morgan fingerprint density at radius 1 is 1.43 bits per heavy atom. The van der Waals surface area contributed by atoms with Gasteiger partial charge in [0, 0.05) is 6.54 Å². The highest BCUT2D eigenvalue weighted by atomic mass is 35.5. The number of halogens is 1. The number of ether oxygens (including phenoxy) is 1. The zero-order valence-corrected chi connectivity index (χ0v) is 14.8. The molecule has 1 aromatic rings. The van der Waals surface area contributed by atoms with Crippen LogP contribution in [-0.4, -0.2) is 23.5 Å². The predicted octanol–water partition coefficient (Wildman–Crippen LogP) is 4.01. The topological polar surface area (TPSA) is 58.6 Å². The lowest BCUT2D eigenvalue weighted by atomic mass is 10.1. The van der Waals surface area contributed by atoms with Crippen molar-refractivity contribution in [2.45, 2.75) is 45.0 Å². The molecule has 0 radical (unpaired) electrons. The average molecular weight is 340 g/mol. The number of hydrogen-bond acceptors (Lipinski definition) is 3. The maximum atomic E-state index is 12.0. The minimum atomic E-state index is -0.526. The summed E-state index contributed by atoms with van der Waals surface area (Å²) in [6.07, 6.45) is 6.76. The molecule has 0 aliphatic rings. The molecular formula is C18H26ClNO3. The number of carbonyl (C=O) groups is 1. The van der Waals surface area contributed by atoms with Gasteiger partial charge in [-0.15, -0.1) is 11.6 Å². The Labute approximate surface area is 143 Å². The normalized spacial score (nSPS) is 12.6. The van der Waals surface area contributed by atoms with E-state index in [4.69, 9.17) is 16.3 Å². The summed E-state index contributed by atoms with van der Waals surface area (Å²) in [6.45, 7) is 4.62. The predicted molar refractivity (Wildman–Crippen MR) is 94.0 cm³/mol. The monoisotopic (exact) mass is 339 g/mol. The van der Waals surface area contributed by atoms with E-state index >= 15 is 0 Å². The van der Waals surface area contributed by atoms with Crippen LogP contribution in [0.2, 0.25) is 0 Å². The fraction of sp³-hybridized carbons (Fsp3) is 0.500. The molecule has 1 atom stereocenters. The molecule has 0 fully saturated rings. The molecule has 0 aromatic heterocycles. The standard InChI is InChI=1S/C18H26ClNO3/c1-13(2)7-5-4-6-8-15(19)18(22)20-12-14-9-10-16(21)17(11-14)23-3/h5,7,9-11,13,15,21H,4,6,8,12H2,1-3H3,(H,20,22)/b7-5+. The zero-order valence-electron chi connectivity index (χ0n) is 14.0. The number of phenols is 1. The van der Waals surface area contributed by atoms with E-state index in [1.807, 2.05) is 0 Å². The minimum Gasteiger partial charge on any atom is -0.504 e. The van der Waals surface area contributed by atoms with Gasteiger partial charge in [0.05, 0.1) is 7.11 Å². The molecule has 0 saturated carbocycles. The summed E-state index contributed by atoms with van der Waals surface area (Å²) in [4.78, 5) is 12.0. The van der Waals surface area contributed by atoms with Gasteiger partial charge in [-0.05, 0) is 42.9 Å². The molecule has 0 aliphatic carbocycles. The van der Waals surface area contributed by atoms with E-state index in [9.17, 15) is 9.90 Å². The number of benzene rings is 1. The van der Waals surface area contributed by atoms with E-state index in [0.29, 0.717) is 24.6 Å². The van der Waals surface area contributed by atoms with Crippen LogP contribution in [-0.2, 0) is 11.3 Å². The van der Waals surface area contributed by atoms with Gasteiger partial charge < -0.3 is 15.2 Å². The van der Waals surface area contributed by atoms with E-state index < -0.39 is 5.38 Å². The number of amides is 1. The molecule has 1 aromatic carbocycles. The van der Waals surface area contributed by atoms with Crippen molar-refractivity contribution in [3.05, 3.63) is 35.9 Å². The summed E-state index contributed by atoms with van der Waals surface area (Å²) >= 11 is 6.12. The first-order chi connectivity index (χ1) is 10.9. The molecule has 0 saturated heterocycles. The number of hydrogen-bond donors (Lipinski definition) is 2. The number of nitrogens with one attached hydrogen (secondary N) is 1. The summed E-state index contributed by atoms with van der Waals surface area (Å²) in [5, 5.41) is 11.8. The van der Waals surface area contributed by atoms with E-state index in [1.54, 1.807) is 18.2 Å². The van der Waals surface area contributed by atoms with Crippen molar-refractivity contribution in [2.24, 2.45) is 5.92 Å². The van der Waals surface area contributed by atoms with Crippen molar-refractivity contribution >= 4 is 17.5 Å². The molecular weight excluding hydrogens is 314 g/mol. The highest BCUT2D eigenvalue weighted by molar-refractivity contribution is 6.30. The summed E-state index contributed by atoms with van der Waals surface area (Å²) in [7, 11) is 1.49. The zero-order chi connectivity index (χ0) is 17.2. The molecule has 23 heavy (non-hydrogen) atoms. The maximum Gasteiger partial charge on any atom is 0.238 e. The van der Waals surface area contributed by atoms with Gasteiger partial charge in [0.15, 0.2) is 11.5 Å². The minimum absolute atomic E-state index is 0.0762. The molecule has 4 nitrogen and oxygen atoms in total. The first-order valence-electron chi connectivity index (χ1n) is 7.88. The van der Waals surface area contributed by atoms with E-state index in [2.05, 4.69) is 31.3 Å². The molecule has 2 N–H and O–H groups in total. The fourth-order valence-electron chi connectivity index (χ4n) is 2.05. The van der Waals surface area contributed by atoms with Gasteiger partial charge in [-0.2, -0.15) is 0 Å². The maximum absolute atomic E-state index is 12.0. The van der Waals surface area contributed by atoms with E-state index in [0.717, 1.165) is 18.4 Å². The highest BCUT2D eigenvalue weighted by Gasteiger charge is 2.14. The van der Waals surface area contributed by atoms with Crippen LogP contribution in [0, 0.1) is 5.92 Å². The van der Waals surface area contributed by atoms with Gasteiger partial charge in [-0.1, -0.05) is 32.1 Å². The van der Waals surface area contributed by atoms with Crippen molar-refractivity contribution < 1.29 is 14.6 Å². The SMILES string of the molecule is COc1cc(CNC(=O)C(Cl)CCC/C=C/C(C)C)ccc1O. The smallest absolute Gasteiger partial charge is 0.238 e. The second-order valence-corrected chi connectivity index (χ2v) is 6.32. The quantitative estimate of drug-likeness (QED) is 0.406. The number of phenolic OH excluding ortho intramolecular Hbond substituents is 1. The van der Waals surface area contributed by atoms with Crippen molar-refractivity contribution in [1.82, 2.24) is 5.32 Å². The number of allylic oxidation sites excluding steroid dienone is 2. The summed E-state index contributed by atoms with van der Waals surface area (Å²) in [5.74, 6) is 0.835. The Morgan fingerprint density at radius 2 is 2.17 bits per heavy atom. The molecule has 0 aliphatic heterocycles. The Hall–Kier alpha value is -1.68. The Kier molecular flexibility index (Phi) is 8.56. The first kappa shape index (κ1) is 19.4. The van der Waals surface area contributed by atoms with Crippen LogP contribution in [0.4, 0.5) is 0 Å². The number of alkyl halides is 1. The Morgan fingerprint density at radius 3 is 2.83 bits per heavy atom. The van der Waals surface area contributed by atoms with Crippen LogP contribution in [0.5, 0.6) is 11.5 Å². The highest BCUT2D eigenvalue weighted by Crippen LogP contribution is 2.26. The molecule has 0 heterocycles. The van der Waals surface area contributed by atoms with Gasteiger partial charge in [0.2, 0.25) is 5.91 Å². The number of methoxy groups -OCH3 is 1. The van der Waals surface area contributed by atoms with Gasteiger partial charge in [-0.3, -0.25) is 4.79 Å². The third-order valence-electron chi connectivity index (χ3n) is 3.34. The molecule has 5 heteroatoms. The molecule has 0 bridgehead atoms. The van der Waals surface area contributed by atoms with Gasteiger partial charge >= 0.3 is 0 Å². The number of unbranched alkanes of at least 4 members (excludes halogenated alkanes) is 1. The third-order valence-corrected chi connectivity index (χ3v) is 3.76. The van der Waals surface area contributed by atoms with Crippen LogP contribution < -0.4 is 10.1 Å². The van der Waals surface area contributed by atoms with Crippen molar-refractivity contribution in [3.8, 4) is 11.5 Å². The molecule has 1 unspecified atom stereocenters. The average Bonchev–Trinajstić information content (AvgIpc) is 2.52. The lowest BCUT2D eigenvalue weighted by molar-refractivity contribution is -0.121. The fourth-order valence-corrected chi connectivity index (χ4v) is 2.28. The lowest BCUT2D eigenvalue weighted by Crippen LogP contribution is -2.30. The second-order valence-electron chi connectivity index (χ2n) is 5.79. The third kappa shape index (κ3) is 7.42. The molecule has 1 amide bonds.